The van der Waals surface area contributed by atoms with E-state index in [1.54, 1.807) is 24.3 Å². The molecule has 3 aromatic rings. The van der Waals surface area contributed by atoms with Gasteiger partial charge in [0.05, 0.1) is 5.56 Å². The van der Waals surface area contributed by atoms with Crippen LogP contribution in [0.5, 0.6) is 0 Å². The number of anilines is 1. The summed E-state index contributed by atoms with van der Waals surface area (Å²) in [7, 11) is -4.07. The van der Waals surface area contributed by atoms with Crippen molar-refractivity contribution < 1.29 is 18.0 Å². The molecule has 6 nitrogen and oxygen atoms in total. The number of rotatable bonds is 4. The molecule has 0 aromatic heterocycles. The van der Waals surface area contributed by atoms with E-state index >= 15 is 0 Å². The van der Waals surface area contributed by atoms with Crippen LogP contribution in [0.1, 0.15) is 17.3 Å². The highest BCUT2D eigenvalue weighted by atomic mass is 32.2. The molecule has 1 N–H and O–H groups in total. The van der Waals surface area contributed by atoms with Crippen LogP contribution in [0.3, 0.4) is 0 Å². The van der Waals surface area contributed by atoms with Crippen LogP contribution in [0.4, 0.5) is 5.69 Å². The maximum atomic E-state index is 12.9. The number of carbonyl (C=O) groups is 2. The van der Waals surface area contributed by atoms with Gasteiger partial charge in [-0.05, 0) is 30.7 Å². The molecule has 0 bridgehead atoms. The average molecular weight is 406 g/mol. The van der Waals surface area contributed by atoms with Crippen molar-refractivity contribution in [1.82, 2.24) is 4.31 Å². The van der Waals surface area contributed by atoms with E-state index in [0.717, 1.165) is 11.1 Å². The second kappa shape index (κ2) is 7.18. The van der Waals surface area contributed by atoms with Crippen LogP contribution in [0, 0.1) is 0 Å². The van der Waals surface area contributed by atoms with Gasteiger partial charge in [0.25, 0.3) is 15.9 Å². The molecule has 1 aliphatic heterocycles. The predicted octanol–water partition coefficient (Wildman–Crippen LogP) is 3.53. The van der Waals surface area contributed by atoms with Gasteiger partial charge in [-0.2, -0.15) is 0 Å². The molecule has 1 unspecified atom stereocenters. The monoisotopic (exact) mass is 406 g/mol. The highest BCUT2D eigenvalue weighted by Gasteiger charge is 2.45. The zero-order valence-electron chi connectivity index (χ0n) is 15.6. The molecule has 2 amide bonds. The van der Waals surface area contributed by atoms with Crippen LogP contribution >= 0.6 is 0 Å². The van der Waals surface area contributed by atoms with Gasteiger partial charge in [0.2, 0.25) is 5.91 Å². The largest absolute Gasteiger partial charge is 0.324 e. The Morgan fingerprint density at radius 1 is 0.862 bits per heavy atom. The van der Waals surface area contributed by atoms with Crippen molar-refractivity contribution in [2.24, 2.45) is 0 Å². The SMILES string of the molecule is CC(C(=O)Nc1ccccc1-c1ccccc1)N1C(=O)c2ccccc2S1(=O)=O. The summed E-state index contributed by atoms with van der Waals surface area (Å²) in [5, 5.41) is 2.77. The van der Waals surface area contributed by atoms with Gasteiger partial charge in [-0.25, -0.2) is 12.7 Å². The molecule has 1 atom stereocenters. The van der Waals surface area contributed by atoms with Gasteiger partial charge in [-0.3, -0.25) is 9.59 Å². The zero-order valence-corrected chi connectivity index (χ0v) is 16.4. The first-order valence-electron chi connectivity index (χ1n) is 9.04. The number of hydrogen-bond acceptors (Lipinski definition) is 4. The van der Waals surface area contributed by atoms with Gasteiger partial charge in [0.15, 0.2) is 0 Å². The summed E-state index contributed by atoms with van der Waals surface area (Å²) >= 11 is 0. The summed E-state index contributed by atoms with van der Waals surface area (Å²) in [6, 6.07) is 21.5. The summed E-state index contributed by atoms with van der Waals surface area (Å²) in [5.74, 6) is -1.28. The minimum atomic E-state index is -4.07. The number of nitrogens with zero attached hydrogens (tertiary/aromatic N) is 1. The zero-order chi connectivity index (χ0) is 20.6. The standard InChI is InChI=1S/C22H18N2O4S/c1-15(24-22(26)18-12-6-8-14-20(18)29(24,27)28)21(25)23-19-13-7-5-11-17(19)16-9-3-2-4-10-16/h2-15H,1H3,(H,23,25). The van der Waals surface area contributed by atoms with Gasteiger partial charge in [0, 0.05) is 11.3 Å². The van der Waals surface area contributed by atoms with Crippen molar-refractivity contribution in [2.75, 3.05) is 5.32 Å². The molecule has 0 radical (unpaired) electrons. The Hall–Kier alpha value is -3.45. The third-order valence-electron chi connectivity index (χ3n) is 4.86. The Kier molecular flexibility index (Phi) is 4.68. The van der Waals surface area contributed by atoms with Crippen molar-refractivity contribution in [2.45, 2.75) is 17.9 Å². The number of hydrogen-bond donors (Lipinski definition) is 1. The Morgan fingerprint density at radius 2 is 1.45 bits per heavy atom. The molecule has 1 aliphatic rings. The highest BCUT2D eigenvalue weighted by molar-refractivity contribution is 7.90. The van der Waals surface area contributed by atoms with Gasteiger partial charge >= 0.3 is 0 Å². The normalized spacial score (nSPS) is 15.6. The van der Waals surface area contributed by atoms with E-state index in [-0.39, 0.29) is 10.5 Å². The molecule has 0 saturated heterocycles. The van der Waals surface area contributed by atoms with E-state index in [9.17, 15) is 18.0 Å². The Balaban J connectivity index is 1.64. The number of amides is 2. The van der Waals surface area contributed by atoms with Crippen LogP contribution in [-0.4, -0.2) is 30.6 Å². The molecule has 0 aliphatic carbocycles. The Bertz CT molecular complexity index is 1210. The van der Waals surface area contributed by atoms with E-state index < -0.39 is 27.9 Å². The fraction of sp³-hybridized carbons (Fsp3) is 0.0909. The van der Waals surface area contributed by atoms with E-state index in [1.165, 1.54) is 19.1 Å². The predicted molar refractivity (Wildman–Crippen MR) is 110 cm³/mol. The summed E-state index contributed by atoms with van der Waals surface area (Å²) in [5.41, 5.74) is 2.33. The summed E-state index contributed by atoms with van der Waals surface area (Å²) in [6.07, 6.45) is 0. The molecular formula is C22H18N2O4S. The summed E-state index contributed by atoms with van der Waals surface area (Å²) < 4.78 is 26.3. The van der Waals surface area contributed by atoms with Crippen molar-refractivity contribution in [3.8, 4) is 11.1 Å². The number of sulfonamides is 1. The molecular weight excluding hydrogens is 388 g/mol. The van der Waals surface area contributed by atoms with Gasteiger partial charge in [-0.1, -0.05) is 60.7 Å². The number of fused-ring (bicyclic) bond motifs is 1. The lowest BCUT2D eigenvalue weighted by Crippen LogP contribution is -2.45. The average Bonchev–Trinajstić information content (AvgIpc) is 2.94. The van der Waals surface area contributed by atoms with Crippen LogP contribution in [0.2, 0.25) is 0 Å². The smallest absolute Gasteiger partial charge is 0.269 e. The highest BCUT2D eigenvalue weighted by Crippen LogP contribution is 2.33. The van der Waals surface area contributed by atoms with E-state index in [2.05, 4.69) is 5.32 Å². The first kappa shape index (κ1) is 18.9. The second-order valence-corrected chi connectivity index (χ2v) is 8.46. The molecule has 0 fully saturated rings. The fourth-order valence-electron chi connectivity index (χ4n) is 3.39. The lowest BCUT2D eigenvalue weighted by atomic mass is 10.0. The van der Waals surface area contributed by atoms with Crippen LogP contribution in [0.15, 0.2) is 83.8 Å². The lowest BCUT2D eigenvalue weighted by molar-refractivity contribution is -0.118. The van der Waals surface area contributed by atoms with Crippen molar-refractivity contribution >= 4 is 27.5 Å². The quantitative estimate of drug-likeness (QED) is 0.719. The molecule has 0 saturated carbocycles. The van der Waals surface area contributed by atoms with Crippen LogP contribution in [-0.2, 0) is 14.8 Å². The molecule has 4 rings (SSSR count). The van der Waals surface area contributed by atoms with E-state index in [4.69, 9.17) is 0 Å². The minimum Gasteiger partial charge on any atom is -0.324 e. The van der Waals surface area contributed by atoms with Gasteiger partial charge < -0.3 is 5.32 Å². The van der Waals surface area contributed by atoms with Crippen molar-refractivity contribution in [3.05, 3.63) is 84.4 Å². The number of para-hydroxylation sites is 1. The molecule has 0 spiro atoms. The van der Waals surface area contributed by atoms with Gasteiger partial charge in [-0.15, -0.1) is 0 Å². The van der Waals surface area contributed by atoms with E-state index in [0.29, 0.717) is 9.99 Å². The molecule has 1 heterocycles. The number of benzene rings is 3. The maximum absolute atomic E-state index is 12.9. The fourth-order valence-corrected chi connectivity index (χ4v) is 5.12. The second-order valence-electron chi connectivity index (χ2n) is 6.68. The first-order chi connectivity index (χ1) is 13.9. The molecule has 7 heteroatoms. The summed E-state index contributed by atoms with van der Waals surface area (Å²) in [6.45, 7) is 1.40. The Morgan fingerprint density at radius 3 is 2.14 bits per heavy atom. The van der Waals surface area contributed by atoms with Crippen molar-refractivity contribution in [3.63, 3.8) is 0 Å². The molecule has 3 aromatic carbocycles. The van der Waals surface area contributed by atoms with Crippen molar-refractivity contribution in [1.29, 1.82) is 0 Å². The maximum Gasteiger partial charge on any atom is 0.269 e. The third kappa shape index (κ3) is 3.19. The number of carbonyl (C=O) groups excluding carboxylic acids is 2. The van der Waals surface area contributed by atoms with Gasteiger partial charge in [0.1, 0.15) is 10.9 Å². The minimum absolute atomic E-state index is 0.0747. The lowest BCUT2D eigenvalue weighted by Gasteiger charge is -2.23. The topological polar surface area (TPSA) is 83.6 Å². The van der Waals surface area contributed by atoms with Crippen LogP contribution < -0.4 is 5.32 Å². The summed E-state index contributed by atoms with van der Waals surface area (Å²) in [4.78, 5) is 25.5. The first-order valence-corrected chi connectivity index (χ1v) is 10.5. The molecule has 146 valence electrons. The number of nitrogens with one attached hydrogen (secondary N) is 1. The van der Waals surface area contributed by atoms with E-state index in [1.807, 2.05) is 42.5 Å². The van der Waals surface area contributed by atoms with Crippen LogP contribution in [0.25, 0.3) is 11.1 Å². The molecule has 29 heavy (non-hydrogen) atoms. The third-order valence-corrected chi connectivity index (χ3v) is 6.77. The Labute approximate surface area is 168 Å².